The van der Waals surface area contributed by atoms with Crippen molar-refractivity contribution in [3.05, 3.63) is 47.2 Å². The molecule has 0 saturated heterocycles. The maximum Gasteiger partial charge on any atom is 0.492 e. The van der Waals surface area contributed by atoms with E-state index in [1.54, 1.807) is 25.3 Å². The predicted molar refractivity (Wildman–Crippen MR) is 96.1 cm³/mol. The van der Waals surface area contributed by atoms with E-state index in [4.69, 9.17) is 19.9 Å². The fourth-order valence-electron chi connectivity index (χ4n) is 3.03. The number of nitrogens with two attached hydrogens (primary N) is 1. The highest BCUT2D eigenvalue weighted by Gasteiger charge is 2.38. The second-order valence-electron chi connectivity index (χ2n) is 6.04. The van der Waals surface area contributed by atoms with Gasteiger partial charge in [0.15, 0.2) is 0 Å². The summed E-state index contributed by atoms with van der Waals surface area (Å²) in [5.41, 5.74) is 8.72. The molecule has 1 aromatic heterocycles. The summed E-state index contributed by atoms with van der Waals surface area (Å²) in [7, 11) is -1.11. The summed E-state index contributed by atoms with van der Waals surface area (Å²) < 4.78 is 16.3. The molecule has 1 atom stereocenters. The van der Waals surface area contributed by atoms with Crippen molar-refractivity contribution in [2.45, 2.75) is 32.9 Å². The predicted octanol–water partition coefficient (Wildman–Crippen LogP) is 1.35. The number of fused-ring (bicyclic) bond motifs is 1. The molecule has 8 heteroatoms. The molecule has 3 N–H and O–H groups in total. The Hall–Kier alpha value is -2.42. The highest BCUT2D eigenvalue weighted by atomic mass is 16.5. The van der Waals surface area contributed by atoms with Crippen LogP contribution in [0.5, 0.6) is 11.6 Å². The second-order valence-corrected chi connectivity index (χ2v) is 6.04. The van der Waals surface area contributed by atoms with Gasteiger partial charge in [0.1, 0.15) is 5.75 Å². The summed E-state index contributed by atoms with van der Waals surface area (Å²) in [6.45, 7) is 4.36. The van der Waals surface area contributed by atoms with Gasteiger partial charge in [0, 0.05) is 18.8 Å². The molecule has 2 heterocycles. The summed E-state index contributed by atoms with van der Waals surface area (Å²) in [6.07, 6.45) is 1.18. The van der Waals surface area contributed by atoms with Gasteiger partial charge in [-0.2, -0.15) is 0 Å². The first kappa shape index (κ1) is 18.4. The summed E-state index contributed by atoms with van der Waals surface area (Å²) in [5, 5.41) is 10.2. The average molecular weight is 356 g/mol. The number of pyridine rings is 1. The Labute approximate surface area is 152 Å². The zero-order chi connectivity index (χ0) is 18.7. The molecule has 1 unspecified atom stereocenters. The number of rotatable bonds is 6. The maximum absolute atomic E-state index is 11.8. The summed E-state index contributed by atoms with van der Waals surface area (Å²) in [6, 6.07) is 7.12. The SMILES string of the molecule is CCOC(=O)CC1OB(O)c2cc(Oc3ccc(CN)cn3)cc(C)c21. The van der Waals surface area contributed by atoms with Crippen LogP contribution in [0.25, 0.3) is 0 Å². The van der Waals surface area contributed by atoms with Crippen LogP contribution < -0.4 is 15.9 Å². The average Bonchev–Trinajstić information content (AvgIpc) is 2.92. The van der Waals surface area contributed by atoms with Gasteiger partial charge in [-0.3, -0.25) is 4.79 Å². The van der Waals surface area contributed by atoms with Crippen LogP contribution in [0.15, 0.2) is 30.5 Å². The highest BCUT2D eigenvalue weighted by Crippen LogP contribution is 2.33. The minimum atomic E-state index is -1.11. The molecule has 0 aliphatic carbocycles. The van der Waals surface area contributed by atoms with Gasteiger partial charge in [-0.15, -0.1) is 0 Å². The lowest BCUT2D eigenvalue weighted by molar-refractivity contribution is -0.145. The fourth-order valence-corrected chi connectivity index (χ4v) is 3.03. The molecule has 136 valence electrons. The first-order valence-electron chi connectivity index (χ1n) is 8.48. The largest absolute Gasteiger partial charge is 0.492 e. The van der Waals surface area contributed by atoms with Gasteiger partial charge in [0.25, 0.3) is 0 Å². The third-order valence-electron chi connectivity index (χ3n) is 4.19. The van der Waals surface area contributed by atoms with Crippen molar-refractivity contribution in [2.75, 3.05) is 6.61 Å². The van der Waals surface area contributed by atoms with Crippen molar-refractivity contribution < 1.29 is 23.9 Å². The van der Waals surface area contributed by atoms with E-state index >= 15 is 0 Å². The molecular weight excluding hydrogens is 335 g/mol. The van der Waals surface area contributed by atoms with Crippen molar-refractivity contribution in [3.8, 4) is 11.6 Å². The Kier molecular flexibility index (Phi) is 5.56. The van der Waals surface area contributed by atoms with E-state index in [0.717, 1.165) is 16.7 Å². The number of carbonyl (C=O) groups is 1. The molecule has 7 nitrogen and oxygen atoms in total. The smallest absolute Gasteiger partial charge is 0.466 e. The van der Waals surface area contributed by atoms with Crippen molar-refractivity contribution in [1.82, 2.24) is 4.98 Å². The Morgan fingerprint density at radius 1 is 1.42 bits per heavy atom. The van der Waals surface area contributed by atoms with Gasteiger partial charge >= 0.3 is 13.1 Å². The number of hydrogen-bond acceptors (Lipinski definition) is 7. The first-order chi connectivity index (χ1) is 12.5. The van der Waals surface area contributed by atoms with Crippen LogP contribution in [0.2, 0.25) is 0 Å². The topological polar surface area (TPSA) is 104 Å². The Bertz CT molecular complexity index is 797. The molecule has 26 heavy (non-hydrogen) atoms. The van der Waals surface area contributed by atoms with Crippen LogP contribution in [-0.4, -0.2) is 29.7 Å². The molecular formula is C18H21BN2O5. The molecule has 0 spiro atoms. The molecule has 0 bridgehead atoms. The van der Waals surface area contributed by atoms with Crippen LogP contribution in [0.4, 0.5) is 0 Å². The summed E-state index contributed by atoms with van der Waals surface area (Å²) in [4.78, 5) is 16.0. The van der Waals surface area contributed by atoms with E-state index in [0.29, 0.717) is 30.2 Å². The number of aryl methyl sites for hydroxylation is 1. The van der Waals surface area contributed by atoms with Crippen LogP contribution in [0.3, 0.4) is 0 Å². The van der Waals surface area contributed by atoms with Crippen molar-refractivity contribution in [3.63, 3.8) is 0 Å². The van der Waals surface area contributed by atoms with E-state index in [2.05, 4.69) is 4.98 Å². The first-order valence-corrected chi connectivity index (χ1v) is 8.48. The van der Waals surface area contributed by atoms with Crippen molar-refractivity contribution in [2.24, 2.45) is 5.73 Å². The molecule has 0 fully saturated rings. The van der Waals surface area contributed by atoms with Gasteiger partial charge in [0.2, 0.25) is 5.88 Å². The standard InChI is InChI=1S/C18H21BN2O5/c1-3-24-17(22)8-15-18-11(2)6-13(7-14(18)19(23)26-15)25-16-5-4-12(9-20)10-21-16/h4-7,10,15,23H,3,8-9,20H2,1-2H3. The third kappa shape index (κ3) is 3.87. The van der Waals surface area contributed by atoms with Crippen molar-refractivity contribution in [1.29, 1.82) is 0 Å². The van der Waals surface area contributed by atoms with Gasteiger partial charge in [0.05, 0.1) is 19.1 Å². The number of aromatic nitrogens is 1. The van der Waals surface area contributed by atoms with E-state index in [9.17, 15) is 9.82 Å². The number of nitrogens with zero attached hydrogens (tertiary/aromatic N) is 1. The quantitative estimate of drug-likeness (QED) is 0.595. The zero-order valence-corrected chi connectivity index (χ0v) is 14.8. The maximum atomic E-state index is 11.8. The van der Waals surface area contributed by atoms with Gasteiger partial charge in [-0.25, -0.2) is 4.98 Å². The number of hydrogen-bond donors (Lipinski definition) is 2. The Morgan fingerprint density at radius 2 is 2.23 bits per heavy atom. The molecule has 0 amide bonds. The highest BCUT2D eigenvalue weighted by molar-refractivity contribution is 6.62. The number of ether oxygens (including phenoxy) is 2. The molecule has 1 aliphatic rings. The number of carbonyl (C=O) groups excluding carboxylic acids is 1. The molecule has 0 saturated carbocycles. The fraction of sp³-hybridized carbons (Fsp3) is 0.333. The molecule has 2 aromatic rings. The van der Waals surface area contributed by atoms with Crippen LogP contribution in [-0.2, 0) is 20.7 Å². The minimum absolute atomic E-state index is 0.0566. The van der Waals surface area contributed by atoms with E-state index in [1.165, 1.54) is 0 Å². The van der Waals surface area contributed by atoms with Crippen LogP contribution >= 0.6 is 0 Å². The molecule has 1 aliphatic heterocycles. The van der Waals surface area contributed by atoms with Crippen molar-refractivity contribution >= 4 is 18.6 Å². The number of benzene rings is 1. The lowest BCUT2D eigenvalue weighted by atomic mass is 9.77. The molecule has 3 rings (SSSR count). The van der Waals surface area contributed by atoms with Gasteiger partial charge in [-0.05, 0) is 48.1 Å². The normalized spacial score (nSPS) is 15.7. The van der Waals surface area contributed by atoms with Gasteiger partial charge in [-0.1, -0.05) is 6.07 Å². The molecule has 1 aromatic carbocycles. The Balaban J connectivity index is 1.82. The van der Waals surface area contributed by atoms with Crippen LogP contribution in [0, 0.1) is 6.92 Å². The minimum Gasteiger partial charge on any atom is -0.466 e. The van der Waals surface area contributed by atoms with Crippen LogP contribution in [0.1, 0.15) is 36.1 Å². The second kappa shape index (κ2) is 7.86. The van der Waals surface area contributed by atoms with E-state index in [-0.39, 0.29) is 12.4 Å². The van der Waals surface area contributed by atoms with E-state index in [1.807, 2.05) is 19.1 Å². The Morgan fingerprint density at radius 3 is 2.88 bits per heavy atom. The zero-order valence-electron chi connectivity index (χ0n) is 14.8. The monoisotopic (exact) mass is 356 g/mol. The summed E-state index contributed by atoms with van der Waals surface area (Å²) >= 11 is 0. The molecule has 0 radical (unpaired) electrons. The third-order valence-corrected chi connectivity index (χ3v) is 4.19. The summed E-state index contributed by atoms with van der Waals surface area (Å²) in [5.74, 6) is 0.605. The van der Waals surface area contributed by atoms with E-state index < -0.39 is 13.2 Å². The lowest BCUT2D eigenvalue weighted by Crippen LogP contribution is -2.28. The lowest BCUT2D eigenvalue weighted by Gasteiger charge is -2.14. The number of esters is 1. The van der Waals surface area contributed by atoms with Gasteiger partial charge < -0.3 is 24.9 Å².